The first kappa shape index (κ1) is 27.5. The van der Waals surface area contributed by atoms with Crippen molar-refractivity contribution in [2.75, 3.05) is 19.6 Å². The van der Waals surface area contributed by atoms with Crippen molar-refractivity contribution in [2.45, 2.75) is 77.6 Å². The summed E-state index contributed by atoms with van der Waals surface area (Å²) >= 11 is 1.56. The van der Waals surface area contributed by atoms with Crippen LogP contribution < -0.4 is 0 Å². The van der Waals surface area contributed by atoms with Crippen LogP contribution in [-0.2, 0) is 17.5 Å². The van der Waals surface area contributed by atoms with E-state index < -0.39 is 17.5 Å². The highest BCUT2D eigenvalue weighted by Crippen LogP contribution is 2.35. The number of ether oxygens (including phenoxy) is 1. The summed E-state index contributed by atoms with van der Waals surface area (Å²) in [5.41, 5.74) is 2.90. The van der Waals surface area contributed by atoms with Gasteiger partial charge in [0.05, 0.1) is 6.54 Å². The molecule has 1 aromatic heterocycles. The van der Waals surface area contributed by atoms with E-state index in [-0.39, 0.29) is 18.4 Å². The molecule has 0 bridgehead atoms. The van der Waals surface area contributed by atoms with Crippen LogP contribution in [0, 0.1) is 26.7 Å². The van der Waals surface area contributed by atoms with Gasteiger partial charge in [-0.05, 0) is 95.5 Å². The number of nitrogens with zero attached hydrogens (tertiary/aromatic N) is 2. The fraction of sp³-hybridized carbons (Fsp3) is 0.577. The molecule has 1 amide bonds. The summed E-state index contributed by atoms with van der Waals surface area (Å²) in [7, 11) is 0. The average molecular weight is 513 g/mol. The summed E-state index contributed by atoms with van der Waals surface area (Å²) in [5, 5.41) is 0. The summed E-state index contributed by atoms with van der Waals surface area (Å²) < 4.78 is 51.9. The lowest BCUT2D eigenvalue weighted by atomic mass is 9.97. The third-order valence-electron chi connectivity index (χ3n) is 5.83. The molecule has 1 aliphatic heterocycles. The molecule has 2 heterocycles. The number of carbonyl (C=O) groups excluding carboxylic acids is 1. The van der Waals surface area contributed by atoms with Crippen molar-refractivity contribution >= 4 is 18.0 Å². The van der Waals surface area contributed by atoms with Crippen LogP contribution in [0.1, 0.15) is 61.8 Å². The lowest BCUT2D eigenvalue weighted by Gasteiger charge is -2.35. The van der Waals surface area contributed by atoms with E-state index in [1.54, 1.807) is 16.8 Å². The number of alkyl halides is 3. The quantitative estimate of drug-likeness (QED) is 0.378. The summed E-state index contributed by atoms with van der Waals surface area (Å²) in [6.07, 6.45) is -3.21. The van der Waals surface area contributed by atoms with Gasteiger partial charge in [-0.3, -0.25) is 0 Å². The fourth-order valence-corrected chi connectivity index (χ4v) is 5.42. The Morgan fingerprint density at radius 3 is 2.23 bits per heavy atom. The molecule has 35 heavy (non-hydrogen) atoms. The summed E-state index contributed by atoms with van der Waals surface area (Å²) in [4.78, 5) is 15.2. The van der Waals surface area contributed by atoms with Gasteiger partial charge in [0.25, 0.3) is 0 Å². The predicted octanol–water partition coefficient (Wildman–Crippen LogP) is 7.38. The van der Waals surface area contributed by atoms with E-state index in [1.807, 2.05) is 27.7 Å². The Balaban J connectivity index is 1.71. The van der Waals surface area contributed by atoms with Crippen molar-refractivity contribution in [1.29, 1.82) is 0 Å². The molecule has 0 atom stereocenters. The molecule has 3 rings (SSSR count). The number of hydrogen-bond acceptors (Lipinski definition) is 5. The van der Waals surface area contributed by atoms with Crippen molar-refractivity contribution in [2.24, 2.45) is 5.92 Å². The number of carbonyl (C=O) groups is 1. The van der Waals surface area contributed by atoms with Crippen LogP contribution in [0.3, 0.4) is 0 Å². The molecule has 1 saturated heterocycles. The molecule has 5 nitrogen and oxygen atoms in total. The molecule has 1 fully saturated rings. The van der Waals surface area contributed by atoms with Crippen LogP contribution >= 0.6 is 11.9 Å². The van der Waals surface area contributed by atoms with Gasteiger partial charge in [0.1, 0.15) is 11.4 Å². The second-order valence-electron chi connectivity index (χ2n) is 10.3. The van der Waals surface area contributed by atoms with Crippen LogP contribution in [0.15, 0.2) is 33.6 Å². The Morgan fingerprint density at radius 2 is 1.71 bits per heavy atom. The Labute approximate surface area is 210 Å². The van der Waals surface area contributed by atoms with Gasteiger partial charge in [-0.25, -0.2) is 9.10 Å². The van der Waals surface area contributed by atoms with Gasteiger partial charge in [-0.1, -0.05) is 17.7 Å². The van der Waals surface area contributed by atoms with E-state index in [2.05, 4.69) is 30.3 Å². The minimum absolute atomic E-state index is 0.250. The maximum Gasteiger partial charge on any atom is 0.449 e. The van der Waals surface area contributed by atoms with Crippen LogP contribution in [0.4, 0.5) is 18.0 Å². The second kappa shape index (κ2) is 10.9. The van der Waals surface area contributed by atoms with Crippen molar-refractivity contribution in [1.82, 2.24) is 9.21 Å². The SMILES string of the molecule is Cc1cc(C)c(SN(Cc2ccc(C(F)(F)F)o2)CC2CCN(C(=O)OC(C)(C)C)CC2)c(C)c1. The van der Waals surface area contributed by atoms with Gasteiger partial charge >= 0.3 is 12.3 Å². The Morgan fingerprint density at radius 1 is 1.11 bits per heavy atom. The fourth-order valence-electron chi connectivity index (χ4n) is 4.28. The lowest BCUT2D eigenvalue weighted by Crippen LogP contribution is -2.43. The first-order valence-corrected chi connectivity index (χ1v) is 12.6. The van der Waals surface area contributed by atoms with E-state index in [4.69, 9.17) is 9.15 Å². The molecular formula is C26H35F3N2O3S. The van der Waals surface area contributed by atoms with E-state index >= 15 is 0 Å². The number of amides is 1. The number of furan rings is 1. The van der Waals surface area contributed by atoms with Crippen molar-refractivity contribution in [3.05, 3.63) is 52.5 Å². The maximum atomic E-state index is 13.1. The number of benzene rings is 1. The molecule has 9 heteroatoms. The van der Waals surface area contributed by atoms with Crippen molar-refractivity contribution in [3.8, 4) is 0 Å². The van der Waals surface area contributed by atoms with Gasteiger partial charge in [-0.15, -0.1) is 0 Å². The summed E-state index contributed by atoms with van der Waals surface area (Å²) in [5.74, 6) is -0.409. The first-order valence-electron chi connectivity index (χ1n) is 11.9. The molecule has 0 spiro atoms. The minimum atomic E-state index is -4.51. The Bertz CT molecular complexity index is 999. The number of piperidine rings is 1. The van der Waals surface area contributed by atoms with Gasteiger partial charge in [-0.2, -0.15) is 13.2 Å². The smallest absolute Gasteiger partial charge is 0.449 e. The first-order chi connectivity index (χ1) is 16.2. The molecule has 0 saturated carbocycles. The summed E-state index contributed by atoms with van der Waals surface area (Å²) in [6.45, 7) is 13.8. The molecule has 1 aliphatic rings. The predicted molar refractivity (Wildman–Crippen MR) is 131 cm³/mol. The largest absolute Gasteiger partial charge is 0.455 e. The van der Waals surface area contributed by atoms with Crippen molar-refractivity contribution in [3.63, 3.8) is 0 Å². The monoisotopic (exact) mass is 512 g/mol. The van der Waals surface area contributed by atoms with Gasteiger partial charge in [0.15, 0.2) is 0 Å². The standard InChI is InChI=1S/C26H35F3N2O3S/c1-17-13-18(2)23(19(3)14-17)35-31(16-21-7-8-22(33-21)26(27,28)29)15-20-9-11-30(12-10-20)24(32)34-25(4,5)6/h7-8,13-14,20H,9-12,15-16H2,1-6H3. The van der Waals surface area contributed by atoms with Crippen LogP contribution in [0.2, 0.25) is 0 Å². The van der Waals surface area contributed by atoms with E-state index in [0.717, 1.165) is 34.9 Å². The maximum absolute atomic E-state index is 13.1. The van der Waals surface area contributed by atoms with E-state index in [9.17, 15) is 18.0 Å². The topological polar surface area (TPSA) is 45.9 Å². The van der Waals surface area contributed by atoms with Gasteiger partial charge < -0.3 is 14.1 Å². The molecule has 0 radical (unpaired) electrons. The van der Waals surface area contributed by atoms with E-state index in [1.165, 1.54) is 11.6 Å². The zero-order valence-corrected chi connectivity index (χ0v) is 22.1. The van der Waals surface area contributed by atoms with Crippen LogP contribution in [0.5, 0.6) is 0 Å². The Kier molecular flexibility index (Phi) is 8.52. The molecule has 0 aliphatic carbocycles. The van der Waals surface area contributed by atoms with Crippen LogP contribution in [0.25, 0.3) is 0 Å². The minimum Gasteiger partial charge on any atom is -0.455 e. The van der Waals surface area contributed by atoms with Crippen molar-refractivity contribution < 1.29 is 27.1 Å². The molecule has 194 valence electrons. The lowest BCUT2D eigenvalue weighted by molar-refractivity contribution is -0.153. The zero-order valence-electron chi connectivity index (χ0n) is 21.3. The highest BCUT2D eigenvalue weighted by atomic mass is 32.2. The normalized spacial score (nSPS) is 15.7. The molecule has 0 unspecified atom stereocenters. The number of aryl methyl sites for hydroxylation is 3. The molecule has 1 aromatic carbocycles. The van der Waals surface area contributed by atoms with E-state index in [0.29, 0.717) is 25.6 Å². The summed E-state index contributed by atoms with van der Waals surface area (Å²) in [6, 6.07) is 6.61. The van der Waals surface area contributed by atoms with Gasteiger partial charge in [0, 0.05) is 24.5 Å². The second-order valence-corrected chi connectivity index (χ2v) is 11.4. The third kappa shape index (κ3) is 7.93. The third-order valence-corrected chi connectivity index (χ3v) is 7.19. The number of hydrogen-bond donors (Lipinski definition) is 0. The number of halogens is 3. The molecule has 2 aromatic rings. The van der Waals surface area contributed by atoms with Crippen LogP contribution in [-0.4, -0.2) is 40.5 Å². The van der Waals surface area contributed by atoms with Gasteiger partial charge in [0.2, 0.25) is 5.76 Å². The Hall–Kier alpha value is -2.13. The highest BCUT2D eigenvalue weighted by Gasteiger charge is 2.35. The molecular weight excluding hydrogens is 477 g/mol. The zero-order chi connectivity index (χ0) is 26.0. The number of rotatable bonds is 6. The average Bonchev–Trinajstić information content (AvgIpc) is 3.19. The number of likely N-dealkylation sites (tertiary alicyclic amines) is 1. The highest BCUT2D eigenvalue weighted by molar-refractivity contribution is 7.97. The molecule has 0 N–H and O–H groups in total.